The van der Waals surface area contributed by atoms with Crippen molar-refractivity contribution in [1.29, 1.82) is 0 Å². The zero-order valence-corrected chi connectivity index (χ0v) is 10.3. The van der Waals surface area contributed by atoms with Crippen LogP contribution in [0.4, 0.5) is 0 Å². The van der Waals surface area contributed by atoms with Crippen LogP contribution in [0.2, 0.25) is 0 Å². The summed E-state index contributed by atoms with van der Waals surface area (Å²) in [7, 11) is 1.74. The molecule has 2 aromatic rings. The standard InChI is InChI=1S/C13H12N2O4/c1-15-8-9(7-14-15)13(16)19-10-2-3-11-12(6-10)18-5-4-17-11/h2-3,6-8H,4-5H2,1H3. The number of carbonyl (C=O) groups excluding carboxylic acids is 1. The highest BCUT2D eigenvalue weighted by Crippen LogP contribution is 2.33. The third-order valence-corrected chi connectivity index (χ3v) is 2.66. The molecule has 6 nitrogen and oxygen atoms in total. The molecule has 2 heterocycles. The minimum Gasteiger partial charge on any atom is -0.486 e. The predicted molar refractivity (Wildman–Crippen MR) is 65.6 cm³/mol. The second-order valence-corrected chi connectivity index (χ2v) is 4.10. The highest BCUT2D eigenvalue weighted by molar-refractivity contribution is 5.90. The first-order valence-electron chi connectivity index (χ1n) is 5.83. The molecule has 0 N–H and O–H groups in total. The lowest BCUT2D eigenvalue weighted by molar-refractivity contribution is 0.0733. The Labute approximate surface area is 109 Å². The average Bonchev–Trinajstić information content (AvgIpc) is 2.85. The number of carbonyl (C=O) groups is 1. The van der Waals surface area contributed by atoms with E-state index in [-0.39, 0.29) is 0 Å². The molecule has 0 radical (unpaired) electrons. The van der Waals surface area contributed by atoms with Gasteiger partial charge in [-0.3, -0.25) is 4.68 Å². The number of aromatic nitrogens is 2. The van der Waals surface area contributed by atoms with E-state index in [0.717, 1.165) is 0 Å². The fraction of sp³-hybridized carbons (Fsp3) is 0.231. The third-order valence-electron chi connectivity index (χ3n) is 2.66. The summed E-state index contributed by atoms with van der Waals surface area (Å²) in [5, 5.41) is 3.92. The molecule has 0 bridgehead atoms. The number of ether oxygens (including phenoxy) is 3. The van der Waals surface area contributed by atoms with Crippen molar-refractivity contribution in [2.45, 2.75) is 0 Å². The molecule has 0 saturated carbocycles. The lowest BCUT2D eigenvalue weighted by Crippen LogP contribution is -2.15. The van der Waals surface area contributed by atoms with E-state index in [4.69, 9.17) is 14.2 Å². The molecule has 3 rings (SSSR count). The molecule has 1 aliphatic heterocycles. The van der Waals surface area contributed by atoms with Gasteiger partial charge in [0.25, 0.3) is 0 Å². The van der Waals surface area contributed by atoms with E-state index < -0.39 is 5.97 Å². The van der Waals surface area contributed by atoms with Crippen molar-refractivity contribution < 1.29 is 19.0 Å². The van der Waals surface area contributed by atoms with Crippen LogP contribution in [0.15, 0.2) is 30.6 Å². The Morgan fingerprint density at radius 1 is 1.32 bits per heavy atom. The molecular formula is C13H12N2O4. The van der Waals surface area contributed by atoms with E-state index in [1.165, 1.54) is 6.20 Å². The van der Waals surface area contributed by atoms with Crippen LogP contribution in [0.5, 0.6) is 17.2 Å². The van der Waals surface area contributed by atoms with E-state index in [0.29, 0.717) is 36.0 Å². The van der Waals surface area contributed by atoms with E-state index in [9.17, 15) is 4.79 Å². The molecule has 1 aliphatic rings. The molecule has 98 valence electrons. The van der Waals surface area contributed by atoms with E-state index in [1.54, 1.807) is 36.1 Å². The van der Waals surface area contributed by atoms with Gasteiger partial charge in [-0.2, -0.15) is 5.10 Å². The Morgan fingerprint density at radius 2 is 2.11 bits per heavy atom. The zero-order chi connectivity index (χ0) is 13.2. The van der Waals surface area contributed by atoms with Gasteiger partial charge in [0.15, 0.2) is 11.5 Å². The molecule has 0 amide bonds. The summed E-state index contributed by atoms with van der Waals surface area (Å²) in [6.45, 7) is 1.02. The first-order chi connectivity index (χ1) is 9.22. The SMILES string of the molecule is Cn1cc(C(=O)Oc2ccc3c(c2)OCCO3)cn1. The summed E-state index contributed by atoms with van der Waals surface area (Å²) in [6.07, 6.45) is 3.06. The number of aryl methyl sites for hydroxylation is 1. The van der Waals surface area contributed by atoms with Crippen molar-refractivity contribution in [1.82, 2.24) is 9.78 Å². The van der Waals surface area contributed by atoms with Crippen molar-refractivity contribution >= 4 is 5.97 Å². The largest absolute Gasteiger partial charge is 0.486 e. The van der Waals surface area contributed by atoms with Gasteiger partial charge >= 0.3 is 5.97 Å². The van der Waals surface area contributed by atoms with Crippen LogP contribution in [0.25, 0.3) is 0 Å². The number of hydrogen-bond acceptors (Lipinski definition) is 5. The summed E-state index contributed by atoms with van der Waals surface area (Å²) in [5.74, 6) is 1.21. The van der Waals surface area contributed by atoms with Crippen molar-refractivity contribution in [3.63, 3.8) is 0 Å². The normalized spacial score (nSPS) is 13.1. The smallest absolute Gasteiger partial charge is 0.346 e. The van der Waals surface area contributed by atoms with Gasteiger partial charge in [0, 0.05) is 19.3 Å². The maximum absolute atomic E-state index is 11.8. The summed E-state index contributed by atoms with van der Waals surface area (Å²) in [5.41, 5.74) is 0.400. The van der Waals surface area contributed by atoms with Gasteiger partial charge in [-0.1, -0.05) is 0 Å². The molecule has 1 aromatic carbocycles. The number of rotatable bonds is 2. The minimum atomic E-state index is -0.454. The van der Waals surface area contributed by atoms with Gasteiger partial charge < -0.3 is 14.2 Å². The second kappa shape index (κ2) is 4.64. The molecule has 0 atom stereocenters. The first-order valence-corrected chi connectivity index (χ1v) is 5.83. The van der Waals surface area contributed by atoms with Crippen LogP contribution in [0.3, 0.4) is 0 Å². The Hall–Kier alpha value is -2.50. The topological polar surface area (TPSA) is 62.6 Å². The van der Waals surface area contributed by atoms with Gasteiger partial charge in [0.1, 0.15) is 19.0 Å². The highest BCUT2D eigenvalue weighted by atomic mass is 16.6. The molecule has 0 unspecified atom stereocenters. The van der Waals surface area contributed by atoms with Gasteiger partial charge in [0.2, 0.25) is 0 Å². The number of nitrogens with zero attached hydrogens (tertiary/aromatic N) is 2. The van der Waals surface area contributed by atoms with Gasteiger partial charge in [0.05, 0.1) is 11.8 Å². The van der Waals surface area contributed by atoms with E-state index in [2.05, 4.69) is 5.10 Å². The maximum Gasteiger partial charge on any atom is 0.346 e. The minimum absolute atomic E-state index is 0.400. The monoisotopic (exact) mass is 260 g/mol. The van der Waals surface area contributed by atoms with Crippen LogP contribution in [0, 0.1) is 0 Å². The van der Waals surface area contributed by atoms with Crippen LogP contribution >= 0.6 is 0 Å². The Morgan fingerprint density at radius 3 is 2.84 bits per heavy atom. The molecule has 0 spiro atoms. The molecule has 0 saturated heterocycles. The van der Waals surface area contributed by atoms with Gasteiger partial charge in [-0.25, -0.2) is 4.79 Å². The summed E-state index contributed by atoms with van der Waals surface area (Å²) in [4.78, 5) is 11.8. The van der Waals surface area contributed by atoms with Crippen LogP contribution < -0.4 is 14.2 Å². The number of fused-ring (bicyclic) bond motifs is 1. The van der Waals surface area contributed by atoms with Crippen molar-refractivity contribution in [2.24, 2.45) is 7.05 Å². The molecule has 0 fully saturated rings. The quantitative estimate of drug-likeness (QED) is 0.603. The Bertz CT molecular complexity index is 621. The van der Waals surface area contributed by atoms with Crippen molar-refractivity contribution in [3.05, 3.63) is 36.2 Å². The van der Waals surface area contributed by atoms with E-state index in [1.807, 2.05) is 0 Å². The fourth-order valence-corrected chi connectivity index (χ4v) is 1.78. The number of esters is 1. The third kappa shape index (κ3) is 2.37. The van der Waals surface area contributed by atoms with Crippen LogP contribution in [0.1, 0.15) is 10.4 Å². The average molecular weight is 260 g/mol. The second-order valence-electron chi connectivity index (χ2n) is 4.10. The molecule has 1 aromatic heterocycles. The van der Waals surface area contributed by atoms with E-state index >= 15 is 0 Å². The molecule has 0 aliphatic carbocycles. The predicted octanol–water partition coefficient (Wildman–Crippen LogP) is 1.41. The number of hydrogen-bond donors (Lipinski definition) is 0. The maximum atomic E-state index is 11.8. The molecule has 19 heavy (non-hydrogen) atoms. The fourth-order valence-electron chi connectivity index (χ4n) is 1.78. The number of benzene rings is 1. The van der Waals surface area contributed by atoms with Crippen LogP contribution in [-0.4, -0.2) is 29.0 Å². The first kappa shape index (κ1) is 11.6. The Kier molecular flexibility index (Phi) is 2.83. The summed E-state index contributed by atoms with van der Waals surface area (Å²) in [6, 6.07) is 5.03. The summed E-state index contributed by atoms with van der Waals surface area (Å²) < 4.78 is 17.6. The lowest BCUT2D eigenvalue weighted by atomic mass is 10.3. The van der Waals surface area contributed by atoms with Crippen molar-refractivity contribution in [3.8, 4) is 17.2 Å². The van der Waals surface area contributed by atoms with Gasteiger partial charge in [-0.15, -0.1) is 0 Å². The van der Waals surface area contributed by atoms with Gasteiger partial charge in [-0.05, 0) is 12.1 Å². The van der Waals surface area contributed by atoms with Crippen molar-refractivity contribution in [2.75, 3.05) is 13.2 Å². The lowest BCUT2D eigenvalue weighted by Gasteiger charge is -2.18. The zero-order valence-electron chi connectivity index (χ0n) is 10.3. The van der Waals surface area contributed by atoms with Crippen LogP contribution in [-0.2, 0) is 7.05 Å². The Balaban J connectivity index is 1.78. The summed E-state index contributed by atoms with van der Waals surface area (Å²) >= 11 is 0. The molecule has 6 heteroatoms. The highest BCUT2D eigenvalue weighted by Gasteiger charge is 2.15. The molecular weight excluding hydrogens is 248 g/mol.